The summed E-state index contributed by atoms with van der Waals surface area (Å²) in [6.07, 6.45) is -3.92. The van der Waals surface area contributed by atoms with Crippen LogP contribution in [0.2, 0.25) is 0 Å². The smallest absolute Gasteiger partial charge is 0.417 e. The Morgan fingerprint density at radius 2 is 1.97 bits per heavy atom. The average Bonchev–Trinajstić information content (AvgIpc) is 3.12. The largest absolute Gasteiger partial charge is 0.490 e. The fourth-order valence-electron chi connectivity index (χ4n) is 4.90. The SMILES string of the molecule is C[C@H]1[C@@H](c2ccc(F)c(F)c2OCCCN2CCC2)[C@H](C(=O)Nc2ccnc(C(N)=O)c2)O[C@@]1(C)C(F)(F)F. The highest BCUT2D eigenvalue weighted by molar-refractivity contribution is 5.97. The third-order valence-electron chi connectivity index (χ3n) is 7.46. The molecule has 13 heteroatoms. The van der Waals surface area contributed by atoms with Gasteiger partial charge in [0.25, 0.3) is 11.8 Å². The molecule has 1 aromatic heterocycles. The van der Waals surface area contributed by atoms with E-state index >= 15 is 4.39 Å². The van der Waals surface area contributed by atoms with Gasteiger partial charge in [-0.3, -0.25) is 14.6 Å². The van der Waals surface area contributed by atoms with Crippen molar-refractivity contribution < 1.29 is 41.0 Å². The number of nitrogens with one attached hydrogen (secondary N) is 1. The molecule has 2 saturated heterocycles. The maximum atomic E-state index is 15.0. The zero-order valence-corrected chi connectivity index (χ0v) is 21.4. The van der Waals surface area contributed by atoms with Crippen molar-refractivity contribution in [1.29, 1.82) is 0 Å². The first-order valence-electron chi connectivity index (χ1n) is 12.5. The number of likely N-dealkylation sites (tertiary alicyclic amines) is 1. The number of anilines is 1. The number of ether oxygens (including phenoxy) is 2. The third kappa shape index (κ3) is 5.69. The molecule has 4 atom stereocenters. The molecule has 0 bridgehead atoms. The molecule has 0 unspecified atom stereocenters. The van der Waals surface area contributed by atoms with Crippen molar-refractivity contribution in [3.8, 4) is 5.75 Å². The molecule has 2 amide bonds. The van der Waals surface area contributed by atoms with Crippen LogP contribution >= 0.6 is 0 Å². The van der Waals surface area contributed by atoms with Crippen molar-refractivity contribution in [2.75, 3.05) is 31.6 Å². The second-order valence-electron chi connectivity index (χ2n) is 9.92. The molecule has 0 spiro atoms. The number of aromatic nitrogens is 1. The number of rotatable bonds is 9. The lowest BCUT2D eigenvalue weighted by Gasteiger charge is -2.32. The van der Waals surface area contributed by atoms with Crippen molar-refractivity contribution in [2.45, 2.75) is 50.5 Å². The number of nitrogens with zero attached hydrogens (tertiary/aromatic N) is 2. The second kappa shape index (κ2) is 11.0. The molecule has 212 valence electrons. The van der Waals surface area contributed by atoms with Crippen LogP contribution in [0, 0.1) is 17.6 Å². The molecule has 0 aliphatic carbocycles. The van der Waals surface area contributed by atoms with Crippen LogP contribution in [-0.2, 0) is 9.53 Å². The van der Waals surface area contributed by atoms with Crippen LogP contribution < -0.4 is 15.8 Å². The van der Waals surface area contributed by atoms with Crippen LogP contribution in [0.25, 0.3) is 0 Å². The maximum absolute atomic E-state index is 15.0. The first kappa shape index (κ1) is 28.7. The molecule has 3 heterocycles. The predicted octanol–water partition coefficient (Wildman–Crippen LogP) is 4.01. The Morgan fingerprint density at radius 1 is 1.26 bits per heavy atom. The number of carbonyl (C=O) groups is 2. The summed E-state index contributed by atoms with van der Waals surface area (Å²) in [5.41, 5.74) is 2.15. The quantitative estimate of drug-likeness (QED) is 0.357. The van der Waals surface area contributed by atoms with Gasteiger partial charge in [-0.05, 0) is 51.1 Å². The Hall–Kier alpha value is -3.32. The number of amides is 2. The second-order valence-corrected chi connectivity index (χ2v) is 9.92. The Labute approximate surface area is 221 Å². The summed E-state index contributed by atoms with van der Waals surface area (Å²) in [5, 5.41) is 2.42. The van der Waals surface area contributed by atoms with Crippen molar-refractivity contribution in [3.63, 3.8) is 0 Å². The number of alkyl halides is 3. The van der Waals surface area contributed by atoms with E-state index in [2.05, 4.69) is 15.2 Å². The number of hydrogen-bond donors (Lipinski definition) is 2. The van der Waals surface area contributed by atoms with Crippen LogP contribution in [0.5, 0.6) is 5.75 Å². The lowest BCUT2D eigenvalue weighted by molar-refractivity contribution is -0.272. The molecule has 8 nitrogen and oxygen atoms in total. The number of benzene rings is 1. The summed E-state index contributed by atoms with van der Waals surface area (Å²) in [4.78, 5) is 30.7. The normalized spacial score (nSPS) is 25.3. The molecule has 4 rings (SSSR count). The fraction of sp³-hybridized carbons (Fsp3) is 0.500. The van der Waals surface area contributed by atoms with Gasteiger partial charge in [-0.2, -0.15) is 17.6 Å². The molecule has 0 radical (unpaired) electrons. The standard InChI is InChI=1S/C26H29F5N4O4/c1-14-19(16-5-6-17(27)20(28)21(16)38-12-4-11-35-9-3-10-35)22(39-25(14,2)26(29,30)31)24(37)34-15-7-8-33-18(13-15)23(32)36/h5-8,13-14,19,22H,3-4,9-12H2,1-2H3,(H2,32,36)(H,33,34,37)/t14-,19-,22+,25+/m0/s1. The highest BCUT2D eigenvalue weighted by Crippen LogP contribution is 2.55. The highest BCUT2D eigenvalue weighted by atomic mass is 19.4. The van der Waals surface area contributed by atoms with E-state index < -0.39 is 58.9 Å². The zero-order valence-electron chi connectivity index (χ0n) is 21.4. The molecular formula is C26H29F5N4O4. The first-order chi connectivity index (χ1) is 18.3. The minimum absolute atomic E-state index is 0.00779. The van der Waals surface area contributed by atoms with E-state index in [-0.39, 0.29) is 23.6 Å². The summed E-state index contributed by atoms with van der Waals surface area (Å²) in [6, 6.07) is 4.37. The van der Waals surface area contributed by atoms with Crippen molar-refractivity contribution in [1.82, 2.24) is 9.88 Å². The van der Waals surface area contributed by atoms with Gasteiger partial charge in [0.1, 0.15) is 11.8 Å². The van der Waals surface area contributed by atoms with E-state index in [1.165, 1.54) is 19.2 Å². The van der Waals surface area contributed by atoms with Crippen molar-refractivity contribution in [2.24, 2.45) is 11.7 Å². The summed E-state index contributed by atoms with van der Waals surface area (Å²) in [6.45, 7) is 4.57. The van der Waals surface area contributed by atoms with Crippen molar-refractivity contribution in [3.05, 3.63) is 53.4 Å². The number of nitrogens with two attached hydrogens (primary N) is 1. The van der Waals surface area contributed by atoms with E-state index in [9.17, 15) is 27.2 Å². The minimum atomic E-state index is -4.90. The predicted molar refractivity (Wildman–Crippen MR) is 130 cm³/mol. The molecule has 0 saturated carbocycles. The molecule has 2 aliphatic heterocycles. The highest BCUT2D eigenvalue weighted by Gasteiger charge is 2.66. The van der Waals surface area contributed by atoms with Gasteiger partial charge in [-0.25, -0.2) is 4.39 Å². The molecule has 39 heavy (non-hydrogen) atoms. The maximum Gasteiger partial charge on any atom is 0.417 e. The van der Waals surface area contributed by atoms with Gasteiger partial charge in [0, 0.05) is 35.8 Å². The van der Waals surface area contributed by atoms with Crippen LogP contribution in [0.15, 0.2) is 30.5 Å². The van der Waals surface area contributed by atoms with Crippen LogP contribution in [0.3, 0.4) is 0 Å². The molecular weight excluding hydrogens is 527 g/mol. The topological polar surface area (TPSA) is 107 Å². The van der Waals surface area contributed by atoms with E-state index in [0.717, 1.165) is 44.6 Å². The van der Waals surface area contributed by atoms with Gasteiger partial charge < -0.3 is 25.4 Å². The van der Waals surface area contributed by atoms with Gasteiger partial charge in [-0.1, -0.05) is 13.0 Å². The first-order valence-corrected chi connectivity index (χ1v) is 12.5. The number of carbonyl (C=O) groups excluding carboxylic acids is 2. The van der Waals surface area contributed by atoms with Crippen LogP contribution in [-0.4, -0.2) is 65.8 Å². The molecule has 3 N–H and O–H groups in total. The Bertz CT molecular complexity index is 1240. The van der Waals surface area contributed by atoms with Gasteiger partial charge in [-0.15, -0.1) is 0 Å². The third-order valence-corrected chi connectivity index (χ3v) is 7.46. The van der Waals surface area contributed by atoms with Crippen LogP contribution in [0.1, 0.15) is 48.7 Å². The number of hydrogen-bond acceptors (Lipinski definition) is 6. The lowest BCUT2D eigenvalue weighted by atomic mass is 9.77. The van der Waals surface area contributed by atoms with E-state index in [1.807, 2.05) is 0 Å². The summed E-state index contributed by atoms with van der Waals surface area (Å²) in [7, 11) is 0. The molecule has 2 aliphatic rings. The molecule has 2 fully saturated rings. The van der Waals surface area contributed by atoms with Crippen molar-refractivity contribution >= 4 is 17.5 Å². The molecule has 1 aromatic carbocycles. The average molecular weight is 557 g/mol. The van der Waals surface area contributed by atoms with Gasteiger partial charge in [0.2, 0.25) is 5.82 Å². The zero-order chi connectivity index (χ0) is 28.5. The van der Waals surface area contributed by atoms with E-state index in [0.29, 0.717) is 13.0 Å². The molecule has 2 aromatic rings. The Balaban J connectivity index is 1.67. The van der Waals surface area contributed by atoms with Gasteiger partial charge in [0.05, 0.1) is 6.61 Å². The van der Waals surface area contributed by atoms with Gasteiger partial charge in [0.15, 0.2) is 17.2 Å². The lowest BCUT2D eigenvalue weighted by Crippen LogP contribution is -2.47. The van der Waals surface area contributed by atoms with Crippen LogP contribution in [0.4, 0.5) is 27.6 Å². The summed E-state index contributed by atoms with van der Waals surface area (Å²) in [5.74, 6) is -7.79. The Morgan fingerprint density at radius 3 is 2.59 bits per heavy atom. The summed E-state index contributed by atoms with van der Waals surface area (Å²) >= 11 is 0. The monoisotopic (exact) mass is 556 g/mol. The fourth-order valence-corrected chi connectivity index (χ4v) is 4.90. The Kier molecular flexibility index (Phi) is 8.12. The number of halogens is 5. The van der Waals surface area contributed by atoms with E-state index in [1.54, 1.807) is 0 Å². The number of primary amides is 1. The minimum Gasteiger partial charge on any atom is -0.490 e. The summed E-state index contributed by atoms with van der Waals surface area (Å²) < 4.78 is 82.9. The van der Waals surface area contributed by atoms with E-state index in [4.69, 9.17) is 15.2 Å². The number of pyridine rings is 1. The van der Waals surface area contributed by atoms with Gasteiger partial charge >= 0.3 is 6.18 Å².